The van der Waals surface area contributed by atoms with Gasteiger partial charge in [0.1, 0.15) is 35.4 Å². The van der Waals surface area contributed by atoms with Gasteiger partial charge in [0.2, 0.25) is 11.8 Å². The number of unbranched alkanes of at least 4 members (excludes halogenated alkanes) is 1. The molecule has 65 heavy (non-hydrogen) atoms. The van der Waals surface area contributed by atoms with Gasteiger partial charge < -0.3 is 66.4 Å². The molecule has 0 spiro atoms. The second-order valence-electron chi connectivity index (χ2n) is 14.8. The van der Waals surface area contributed by atoms with Crippen LogP contribution in [0.4, 0.5) is 27.5 Å². The Kier molecular flexibility index (Phi) is 16.4. The lowest BCUT2D eigenvalue weighted by Crippen LogP contribution is -2.52. The SMILES string of the molecule is Cn1cc(NC(=O)c2cc(NC(=O)CN)cn2C)cc1C(=O)NCCCCC(NC(=O)c1cc(NC(=O)c2cc(NC(=O)CN)cn2C)cn1C)C(=O)NNC(=O)OCc1ccccc1. The lowest BCUT2D eigenvalue weighted by molar-refractivity contribution is -0.124. The molecule has 0 bridgehead atoms. The molecule has 1 unspecified atom stereocenters. The lowest BCUT2D eigenvalue weighted by Gasteiger charge is -2.19. The van der Waals surface area contributed by atoms with Crippen molar-refractivity contribution in [2.45, 2.75) is 31.9 Å². The molecule has 23 heteroatoms. The fourth-order valence-corrected chi connectivity index (χ4v) is 6.47. The van der Waals surface area contributed by atoms with Gasteiger partial charge in [-0.15, -0.1) is 0 Å². The number of hydrogen-bond acceptors (Lipinski definition) is 11. The molecule has 0 saturated carbocycles. The quantitative estimate of drug-likeness (QED) is 0.0412. The molecule has 0 radical (unpaired) electrons. The number of amides is 8. The molecule has 4 aromatic heterocycles. The Morgan fingerprint density at radius 3 is 1.49 bits per heavy atom. The van der Waals surface area contributed by atoms with Crippen LogP contribution in [-0.4, -0.2) is 91.4 Å². The second kappa shape index (κ2) is 22.3. The van der Waals surface area contributed by atoms with Crippen LogP contribution in [0.3, 0.4) is 0 Å². The number of ether oxygens (including phenoxy) is 1. The largest absolute Gasteiger partial charge is 0.443 e. The van der Waals surface area contributed by atoms with Crippen molar-refractivity contribution >= 4 is 70.2 Å². The van der Waals surface area contributed by atoms with E-state index in [4.69, 9.17) is 16.2 Å². The Balaban J connectivity index is 1.17. The van der Waals surface area contributed by atoms with Crippen LogP contribution in [0, 0.1) is 0 Å². The molecular weight excluding hydrogens is 845 g/mol. The van der Waals surface area contributed by atoms with E-state index in [1.807, 2.05) is 6.07 Å². The number of aromatic nitrogens is 4. The minimum Gasteiger partial charge on any atom is -0.443 e. The summed E-state index contributed by atoms with van der Waals surface area (Å²) in [7, 11) is 6.47. The summed E-state index contributed by atoms with van der Waals surface area (Å²) in [5, 5.41) is 16.1. The highest BCUT2D eigenvalue weighted by atomic mass is 16.6. The Hall–Kier alpha value is -8.18. The first-order valence-corrected chi connectivity index (χ1v) is 20.2. The fraction of sp³-hybridized carbons (Fsp3) is 0.286. The zero-order chi connectivity index (χ0) is 47.2. The van der Waals surface area contributed by atoms with Gasteiger partial charge in [-0.25, -0.2) is 10.2 Å². The van der Waals surface area contributed by atoms with Gasteiger partial charge in [-0.3, -0.25) is 39.0 Å². The van der Waals surface area contributed by atoms with Crippen molar-refractivity contribution in [3.63, 3.8) is 0 Å². The summed E-state index contributed by atoms with van der Waals surface area (Å²) in [6, 6.07) is 13.6. The van der Waals surface area contributed by atoms with Gasteiger partial charge in [0, 0.05) is 59.5 Å². The van der Waals surface area contributed by atoms with Crippen LogP contribution in [0.1, 0.15) is 66.8 Å². The molecule has 4 heterocycles. The van der Waals surface area contributed by atoms with E-state index in [1.165, 1.54) is 44.2 Å². The topological polar surface area (TPSA) is 314 Å². The van der Waals surface area contributed by atoms with Gasteiger partial charge in [0.15, 0.2) is 0 Å². The minimum atomic E-state index is -1.18. The third-order valence-corrected chi connectivity index (χ3v) is 9.73. The van der Waals surface area contributed by atoms with E-state index < -0.39 is 53.5 Å². The zero-order valence-corrected chi connectivity index (χ0v) is 36.2. The monoisotopic (exact) mass is 896 g/mol. The first-order valence-electron chi connectivity index (χ1n) is 20.2. The minimum absolute atomic E-state index is 0.0537. The molecule has 12 N–H and O–H groups in total. The maximum atomic E-state index is 13.6. The number of nitrogens with two attached hydrogens (primary N) is 2. The molecule has 0 aliphatic heterocycles. The molecule has 344 valence electrons. The predicted molar refractivity (Wildman–Crippen MR) is 238 cm³/mol. The molecule has 5 aromatic rings. The normalized spacial score (nSPS) is 11.2. The third kappa shape index (κ3) is 13.4. The number of nitrogens with one attached hydrogen (secondary N) is 8. The smallest absolute Gasteiger partial charge is 0.426 e. The van der Waals surface area contributed by atoms with Crippen molar-refractivity contribution in [2.24, 2.45) is 39.7 Å². The molecular formula is C42H52N14O9. The van der Waals surface area contributed by atoms with Crippen LogP contribution in [-0.2, 0) is 53.9 Å². The first-order chi connectivity index (χ1) is 31.0. The highest BCUT2D eigenvalue weighted by Gasteiger charge is 2.25. The third-order valence-electron chi connectivity index (χ3n) is 9.73. The van der Waals surface area contributed by atoms with Gasteiger partial charge in [-0.1, -0.05) is 30.3 Å². The highest BCUT2D eigenvalue weighted by molar-refractivity contribution is 6.07. The molecule has 8 amide bonds. The average Bonchev–Trinajstić information content (AvgIpc) is 4.05. The first kappa shape index (κ1) is 47.9. The Morgan fingerprint density at radius 1 is 0.569 bits per heavy atom. The number of carbonyl (C=O) groups excluding carboxylic acids is 8. The summed E-state index contributed by atoms with van der Waals surface area (Å²) in [4.78, 5) is 102. The van der Waals surface area contributed by atoms with E-state index in [0.717, 1.165) is 5.56 Å². The number of anilines is 4. The Morgan fingerprint density at radius 2 is 1.02 bits per heavy atom. The molecule has 0 aliphatic carbocycles. The van der Waals surface area contributed by atoms with Crippen LogP contribution in [0.25, 0.3) is 0 Å². The lowest BCUT2D eigenvalue weighted by atomic mass is 10.1. The number of hydrogen-bond donors (Lipinski definition) is 10. The number of benzene rings is 1. The van der Waals surface area contributed by atoms with Gasteiger partial charge in [-0.2, -0.15) is 0 Å². The number of hydrazine groups is 1. The zero-order valence-electron chi connectivity index (χ0n) is 36.2. The summed E-state index contributed by atoms with van der Waals surface area (Å²) < 4.78 is 11.2. The van der Waals surface area contributed by atoms with Crippen molar-refractivity contribution in [1.29, 1.82) is 0 Å². The van der Waals surface area contributed by atoms with Gasteiger partial charge in [0.05, 0.1) is 35.8 Å². The Labute approximate surface area is 372 Å². The van der Waals surface area contributed by atoms with Crippen LogP contribution in [0.2, 0.25) is 0 Å². The van der Waals surface area contributed by atoms with Crippen molar-refractivity contribution in [2.75, 3.05) is 40.9 Å². The number of aryl methyl sites for hydroxylation is 4. The standard InChI is InChI=1S/C42H52N14O9/c1-53-22-28(48-39(61)32-14-26(20-54(32)2)46-35(57)18-43)16-31(53)38(60)45-13-9-8-12-30(37(59)51-52-42(64)65-24-25-10-6-5-7-11-25)50-41(63)34-17-29(23-56(34)4)49-40(62)33-15-27(21-55(33)3)47-36(58)19-44/h5-7,10-11,14-17,20-23,30H,8-9,12-13,18-19,24,43-44H2,1-4H3,(H,45,60)(H,46,57)(H,47,58)(H,48,61)(H,49,62)(H,50,63)(H,51,59)(H,52,64). The molecule has 0 saturated heterocycles. The fourth-order valence-electron chi connectivity index (χ4n) is 6.47. The number of nitrogens with zero attached hydrogens (tertiary/aromatic N) is 4. The van der Waals surface area contributed by atoms with Gasteiger partial charge in [0.25, 0.3) is 29.5 Å². The number of rotatable bonds is 19. The molecule has 5 rings (SSSR count). The summed E-state index contributed by atoms with van der Waals surface area (Å²) in [5.74, 6) is -3.70. The van der Waals surface area contributed by atoms with E-state index in [-0.39, 0.29) is 61.1 Å². The molecule has 0 aliphatic rings. The summed E-state index contributed by atoms with van der Waals surface area (Å²) in [5.41, 5.74) is 18.1. The van der Waals surface area contributed by atoms with Crippen molar-refractivity contribution in [3.8, 4) is 0 Å². The van der Waals surface area contributed by atoms with Gasteiger partial charge in [-0.05, 0) is 49.1 Å². The summed E-state index contributed by atoms with van der Waals surface area (Å²) in [6.07, 6.45) is 6.03. The number of carbonyl (C=O) groups is 8. The van der Waals surface area contributed by atoms with Crippen LogP contribution < -0.4 is 54.2 Å². The second-order valence-corrected chi connectivity index (χ2v) is 14.8. The average molecular weight is 897 g/mol. The van der Waals surface area contributed by atoms with Crippen molar-refractivity contribution < 1.29 is 43.1 Å². The van der Waals surface area contributed by atoms with Crippen LogP contribution in [0.5, 0.6) is 0 Å². The maximum absolute atomic E-state index is 13.6. The Bertz CT molecular complexity index is 2550. The van der Waals surface area contributed by atoms with Crippen molar-refractivity contribution in [1.82, 2.24) is 39.8 Å². The van der Waals surface area contributed by atoms with Crippen LogP contribution in [0.15, 0.2) is 79.4 Å². The van der Waals surface area contributed by atoms with E-state index in [2.05, 4.69) is 42.8 Å². The predicted octanol–water partition coefficient (Wildman–Crippen LogP) is 0.996. The molecule has 0 fully saturated rings. The maximum Gasteiger partial charge on any atom is 0.426 e. The van der Waals surface area contributed by atoms with E-state index in [9.17, 15) is 38.4 Å². The van der Waals surface area contributed by atoms with E-state index >= 15 is 0 Å². The molecule has 1 atom stereocenters. The summed E-state index contributed by atoms with van der Waals surface area (Å²) >= 11 is 0. The van der Waals surface area contributed by atoms with Crippen LogP contribution >= 0.6 is 0 Å². The van der Waals surface area contributed by atoms with Crippen molar-refractivity contribution in [3.05, 3.63) is 108 Å². The summed E-state index contributed by atoms with van der Waals surface area (Å²) in [6.45, 7) is -0.317. The van der Waals surface area contributed by atoms with Gasteiger partial charge >= 0.3 is 6.09 Å². The van der Waals surface area contributed by atoms with E-state index in [0.29, 0.717) is 29.9 Å². The highest BCUT2D eigenvalue weighted by Crippen LogP contribution is 2.20. The van der Waals surface area contributed by atoms with E-state index in [1.54, 1.807) is 75.6 Å². The molecule has 23 nitrogen and oxygen atoms in total. The molecule has 1 aromatic carbocycles.